The molecule has 0 saturated heterocycles. The molecule has 1 atom stereocenters. The van der Waals surface area contributed by atoms with Crippen LogP contribution in [0.4, 0.5) is 0 Å². The topological polar surface area (TPSA) is 72.2 Å². The van der Waals surface area contributed by atoms with Gasteiger partial charge >= 0.3 is 0 Å². The van der Waals surface area contributed by atoms with Crippen LogP contribution in [0, 0.1) is 0 Å². The average Bonchev–Trinajstić information content (AvgIpc) is 2.85. The molecule has 0 aliphatic heterocycles. The molecule has 0 aliphatic rings. The van der Waals surface area contributed by atoms with Gasteiger partial charge in [0.05, 0.1) is 16.1 Å². The van der Waals surface area contributed by atoms with E-state index in [1.54, 1.807) is 25.1 Å². The summed E-state index contributed by atoms with van der Waals surface area (Å²) in [5.74, 6) is -0.0543. The van der Waals surface area contributed by atoms with Crippen molar-refractivity contribution in [2.24, 2.45) is 5.73 Å². The van der Waals surface area contributed by atoms with E-state index in [0.29, 0.717) is 10.9 Å². The summed E-state index contributed by atoms with van der Waals surface area (Å²) in [5, 5.41) is 0. The van der Waals surface area contributed by atoms with Crippen molar-refractivity contribution in [1.82, 2.24) is 4.72 Å². The Morgan fingerprint density at radius 2 is 1.81 bits per heavy atom. The molecule has 0 radical (unpaired) electrons. The smallest absolute Gasteiger partial charge is 0.216 e. The lowest BCUT2D eigenvalue weighted by atomic mass is 10.1. The number of sulfonamides is 1. The maximum atomic E-state index is 12.2. The molecule has 7 heteroatoms. The predicted molar refractivity (Wildman–Crippen MR) is 87.8 cm³/mol. The Labute approximate surface area is 134 Å². The molecule has 2 rings (SSSR count). The minimum absolute atomic E-state index is 0.0543. The second-order valence-electron chi connectivity index (χ2n) is 4.76. The van der Waals surface area contributed by atoms with Gasteiger partial charge in [-0.05, 0) is 30.2 Å². The number of thiophene rings is 1. The number of rotatable bonds is 6. The third-order valence-corrected chi connectivity index (χ3v) is 5.83. The summed E-state index contributed by atoms with van der Waals surface area (Å²) in [7, 11) is -3.41. The van der Waals surface area contributed by atoms with Crippen LogP contribution in [-0.2, 0) is 22.3 Å². The van der Waals surface area contributed by atoms with Gasteiger partial charge in [0, 0.05) is 11.4 Å². The molecule has 3 N–H and O–H groups in total. The molecule has 0 bridgehead atoms. The highest BCUT2D eigenvalue weighted by Crippen LogP contribution is 2.27. The SMILES string of the molecule is CC(NS(=O)(=O)Cc1ccc(CN)cc1)c1ccc(Cl)s1. The number of hydrogen-bond acceptors (Lipinski definition) is 4. The van der Waals surface area contributed by atoms with E-state index >= 15 is 0 Å². The van der Waals surface area contributed by atoms with Crippen LogP contribution < -0.4 is 10.5 Å². The van der Waals surface area contributed by atoms with Gasteiger partial charge < -0.3 is 5.73 Å². The molecule has 0 spiro atoms. The molecule has 0 saturated carbocycles. The van der Waals surface area contributed by atoms with Crippen molar-refractivity contribution in [1.29, 1.82) is 0 Å². The van der Waals surface area contributed by atoms with Gasteiger partial charge in [-0.15, -0.1) is 11.3 Å². The molecule has 1 aromatic heterocycles. The summed E-state index contributed by atoms with van der Waals surface area (Å²) in [6, 6.07) is 10.5. The maximum Gasteiger partial charge on any atom is 0.216 e. The number of halogens is 1. The molecule has 21 heavy (non-hydrogen) atoms. The first-order valence-electron chi connectivity index (χ1n) is 6.43. The molecule has 1 heterocycles. The maximum absolute atomic E-state index is 12.2. The van der Waals surface area contributed by atoms with Gasteiger partial charge in [0.1, 0.15) is 0 Å². The average molecular weight is 345 g/mol. The van der Waals surface area contributed by atoms with Crippen LogP contribution in [-0.4, -0.2) is 8.42 Å². The highest BCUT2D eigenvalue weighted by molar-refractivity contribution is 7.88. The van der Waals surface area contributed by atoms with E-state index in [-0.39, 0.29) is 11.8 Å². The number of hydrogen-bond donors (Lipinski definition) is 2. The summed E-state index contributed by atoms with van der Waals surface area (Å²) in [6.45, 7) is 2.25. The molecular formula is C14H17ClN2O2S2. The first-order valence-corrected chi connectivity index (χ1v) is 9.27. The molecule has 0 amide bonds. The van der Waals surface area contributed by atoms with Crippen molar-refractivity contribution < 1.29 is 8.42 Å². The van der Waals surface area contributed by atoms with E-state index in [9.17, 15) is 8.42 Å². The zero-order valence-corrected chi connectivity index (χ0v) is 13.9. The Balaban J connectivity index is 2.04. The van der Waals surface area contributed by atoms with E-state index in [2.05, 4.69) is 4.72 Å². The molecule has 4 nitrogen and oxygen atoms in total. The molecule has 1 aromatic carbocycles. The van der Waals surface area contributed by atoms with Crippen LogP contribution in [0.2, 0.25) is 4.34 Å². The summed E-state index contributed by atoms with van der Waals surface area (Å²) in [4.78, 5) is 0.891. The van der Waals surface area contributed by atoms with Gasteiger partial charge in [-0.1, -0.05) is 35.9 Å². The van der Waals surface area contributed by atoms with Crippen LogP contribution in [0.15, 0.2) is 36.4 Å². The highest BCUT2D eigenvalue weighted by Gasteiger charge is 2.17. The van der Waals surface area contributed by atoms with Gasteiger partial charge in [0.2, 0.25) is 10.0 Å². The lowest BCUT2D eigenvalue weighted by Crippen LogP contribution is -2.27. The largest absolute Gasteiger partial charge is 0.326 e. The van der Waals surface area contributed by atoms with E-state index in [4.69, 9.17) is 17.3 Å². The fourth-order valence-electron chi connectivity index (χ4n) is 1.92. The molecular weight excluding hydrogens is 328 g/mol. The van der Waals surface area contributed by atoms with E-state index in [1.807, 2.05) is 18.2 Å². The van der Waals surface area contributed by atoms with Gasteiger partial charge in [-0.3, -0.25) is 0 Å². The number of benzene rings is 1. The van der Waals surface area contributed by atoms with Crippen molar-refractivity contribution in [2.75, 3.05) is 0 Å². The molecule has 0 fully saturated rings. The Bertz CT molecular complexity index is 696. The fraction of sp³-hybridized carbons (Fsp3) is 0.286. The van der Waals surface area contributed by atoms with Gasteiger partial charge in [-0.2, -0.15) is 0 Å². The first kappa shape index (κ1) is 16.5. The van der Waals surface area contributed by atoms with Gasteiger partial charge in [0.15, 0.2) is 0 Å². The van der Waals surface area contributed by atoms with Crippen LogP contribution in [0.25, 0.3) is 0 Å². The van der Waals surface area contributed by atoms with Crippen molar-refractivity contribution >= 4 is 33.0 Å². The molecule has 0 aliphatic carbocycles. The Hall–Kier alpha value is -0.920. The zero-order valence-electron chi connectivity index (χ0n) is 11.5. The minimum Gasteiger partial charge on any atom is -0.326 e. The third-order valence-electron chi connectivity index (χ3n) is 2.99. The van der Waals surface area contributed by atoms with Crippen LogP contribution >= 0.6 is 22.9 Å². The van der Waals surface area contributed by atoms with Gasteiger partial charge in [-0.25, -0.2) is 13.1 Å². The predicted octanol–water partition coefficient (Wildman–Crippen LogP) is 3.04. The second kappa shape index (κ2) is 6.89. The van der Waals surface area contributed by atoms with Crippen molar-refractivity contribution in [3.8, 4) is 0 Å². The molecule has 114 valence electrons. The molecule has 2 aromatic rings. The second-order valence-corrected chi connectivity index (χ2v) is 8.26. The number of nitrogens with two attached hydrogens (primary N) is 1. The van der Waals surface area contributed by atoms with Crippen molar-refractivity contribution in [2.45, 2.75) is 25.3 Å². The van der Waals surface area contributed by atoms with Crippen LogP contribution in [0.1, 0.15) is 29.0 Å². The highest BCUT2D eigenvalue weighted by atomic mass is 35.5. The lowest BCUT2D eigenvalue weighted by molar-refractivity contribution is 0.567. The van der Waals surface area contributed by atoms with Gasteiger partial charge in [0.25, 0.3) is 0 Å². The zero-order chi connectivity index (χ0) is 15.5. The van der Waals surface area contributed by atoms with E-state index < -0.39 is 10.0 Å². The van der Waals surface area contributed by atoms with E-state index in [1.165, 1.54) is 11.3 Å². The Morgan fingerprint density at radius 3 is 2.33 bits per heavy atom. The number of nitrogens with one attached hydrogen (secondary N) is 1. The standard InChI is InChI=1S/C14H17ClN2O2S2/c1-10(13-6-7-14(15)20-13)17-21(18,19)9-12-4-2-11(8-16)3-5-12/h2-7,10,17H,8-9,16H2,1H3. The Kier molecular flexibility index (Phi) is 5.40. The lowest BCUT2D eigenvalue weighted by Gasteiger charge is -2.13. The van der Waals surface area contributed by atoms with Crippen LogP contribution in [0.3, 0.4) is 0 Å². The first-order chi connectivity index (χ1) is 9.89. The Morgan fingerprint density at radius 1 is 1.19 bits per heavy atom. The summed E-state index contributed by atoms with van der Waals surface area (Å²) in [6.07, 6.45) is 0. The fourth-order valence-corrected chi connectivity index (χ4v) is 4.44. The van der Waals surface area contributed by atoms with Crippen LogP contribution in [0.5, 0.6) is 0 Å². The van der Waals surface area contributed by atoms with Crippen molar-refractivity contribution in [3.05, 3.63) is 56.7 Å². The quantitative estimate of drug-likeness (QED) is 0.846. The van der Waals surface area contributed by atoms with Crippen molar-refractivity contribution in [3.63, 3.8) is 0 Å². The summed E-state index contributed by atoms with van der Waals surface area (Å²) < 4.78 is 27.7. The molecule has 1 unspecified atom stereocenters. The monoisotopic (exact) mass is 344 g/mol. The summed E-state index contributed by atoms with van der Waals surface area (Å²) in [5.41, 5.74) is 7.23. The summed E-state index contributed by atoms with van der Waals surface area (Å²) >= 11 is 7.24. The minimum atomic E-state index is -3.41. The third kappa shape index (κ3) is 4.79. The normalized spacial score (nSPS) is 13.3. The van der Waals surface area contributed by atoms with E-state index in [0.717, 1.165) is 16.0 Å².